The molecule has 2 rings (SSSR count). The van der Waals surface area contributed by atoms with E-state index >= 15 is 0 Å². The molecule has 1 heterocycles. The van der Waals surface area contributed by atoms with Crippen LogP contribution >= 0.6 is 46.0 Å². The van der Waals surface area contributed by atoms with Crippen LogP contribution in [0.4, 0.5) is 0 Å². The fraction of sp³-hybridized carbons (Fsp3) is 0.375. The van der Waals surface area contributed by atoms with Gasteiger partial charge in [0.05, 0.1) is 5.02 Å². The van der Waals surface area contributed by atoms with Crippen molar-refractivity contribution in [3.8, 4) is 0 Å². The minimum absolute atomic E-state index is 0.722. The highest BCUT2D eigenvalue weighted by Gasteiger charge is 2.23. The number of hydrogen-bond acceptors (Lipinski definition) is 2. The molecule has 0 N–H and O–H groups in total. The maximum Gasteiger partial charge on any atom is 0.110 e. The van der Waals surface area contributed by atoms with E-state index < -0.39 is 0 Å². The first kappa shape index (κ1) is 9.09. The number of halogens is 2. The van der Waals surface area contributed by atoms with Gasteiger partial charge in [0.25, 0.3) is 0 Å². The Kier molecular flexibility index (Phi) is 2.82. The van der Waals surface area contributed by atoms with Gasteiger partial charge in [0.1, 0.15) is 5.03 Å². The summed E-state index contributed by atoms with van der Waals surface area (Å²) in [7, 11) is 0. The lowest BCUT2D eigenvalue weighted by Gasteiger charge is -2.01. The van der Waals surface area contributed by atoms with E-state index in [9.17, 15) is 0 Å². The summed E-state index contributed by atoms with van der Waals surface area (Å²) in [6.45, 7) is 0. The molecule has 0 atom stereocenters. The number of nitrogens with zero attached hydrogens (tertiary/aromatic N) is 1. The molecule has 0 aliphatic heterocycles. The van der Waals surface area contributed by atoms with Gasteiger partial charge >= 0.3 is 0 Å². The van der Waals surface area contributed by atoms with Gasteiger partial charge in [-0.2, -0.15) is 0 Å². The molecule has 0 spiro atoms. The Labute approximate surface area is 94.4 Å². The van der Waals surface area contributed by atoms with Crippen LogP contribution in [0.3, 0.4) is 0 Å². The molecule has 0 unspecified atom stereocenters. The summed E-state index contributed by atoms with van der Waals surface area (Å²) in [5.41, 5.74) is 0. The van der Waals surface area contributed by atoms with Crippen molar-refractivity contribution in [2.24, 2.45) is 0 Å². The van der Waals surface area contributed by atoms with Gasteiger partial charge in [0.2, 0.25) is 0 Å². The lowest BCUT2D eigenvalue weighted by atomic mass is 10.5. The molecule has 1 nitrogen and oxygen atoms in total. The van der Waals surface area contributed by atoms with Crippen LogP contribution in [0.5, 0.6) is 0 Å². The Morgan fingerprint density at radius 2 is 2.33 bits per heavy atom. The molecule has 12 heavy (non-hydrogen) atoms. The van der Waals surface area contributed by atoms with E-state index in [1.54, 1.807) is 6.20 Å². The number of rotatable bonds is 2. The molecule has 1 aliphatic rings. The normalized spacial score (nSPS) is 16.5. The second-order valence-corrected chi connectivity index (χ2v) is 5.65. The van der Waals surface area contributed by atoms with Crippen molar-refractivity contribution in [2.75, 3.05) is 0 Å². The van der Waals surface area contributed by atoms with E-state index in [2.05, 4.69) is 27.6 Å². The molecule has 64 valence electrons. The molecule has 0 aromatic carbocycles. The monoisotopic (exact) mass is 311 g/mol. The fourth-order valence-electron chi connectivity index (χ4n) is 0.833. The first-order valence-corrected chi connectivity index (χ1v) is 6.07. The molecule has 0 radical (unpaired) electrons. The smallest absolute Gasteiger partial charge is 0.110 e. The molecule has 1 fully saturated rings. The van der Waals surface area contributed by atoms with Gasteiger partial charge in [0, 0.05) is 15.0 Å². The Balaban J connectivity index is 2.18. The van der Waals surface area contributed by atoms with Crippen LogP contribution in [0.15, 0.2) is 17.3 Å². The zero-order chi connectivity index (χ0) is 8.55. The number of aromatic nitrogens is 1. The lowest BCUT2D eigenvalue weighted by Crippen LogP contribution is -1.85. The third-order valence-electron chi connectivity index (χ3n) is 1.58. The van der Waals surface area contributed by atoms with Crippen LogP contribution in [-0.2, 0) is 0 Å². The van der Waals surface area contributed by atoms with Crippen LogP contribution in [0, 0.1) is 3.57 Å². The number of hydrogen-bond donors (Lipinski definition) is 0. The molecular weight excluding hydrogens is 305 g/mol. The fourth-order valence-corrected chi connectivity index (χ4v) is 3.00. The average Bonchev–Trinajstić information content (AvgIpc) is 2.79. The first-order chi connectivity index (χ1) is 5.75. The van der Waals surface area contributed by atoms with Crippen LogP contribution in [0.2, 0.25) is 5.02 Å². The van der Waals surface area contributed by atoms with E-state index in [1.165, 1.54) is 12.8 Å². The van der Waals surface area contributed by atoms with Crippen molar-refractivity contribution < 1.29 is 0 Å². The first-order valence-electron chi connectivity index (χ1n) is 3.73. The number of thioether (sulfide) groups is 1. The van der Waals surface area contributed by atoms with Crippen molar-refractivity contribution in [3.05, 3.63) is 20.9 Å². The summed E-state index contributed by atoms with van der Waals surface area (Å²) in [5, 5.41) is 2.66. The zero-order valence-electron chi connectivity index (χ0n) is 6.26. The van der Waals surface area contributed by atoms with E-state index in [0.29, 0.717) is 0 Å². The molecular formula is C8H7ClINS. The maximum atomic E-state index is 5.79. The second-order valence-electron chi connectivity index (χ2n) is 2.76. The molecule has 1 aliphatic carbocycles. The minimum Gasteiger partial charge on any atom is -0.247 e. The summed E-state index contributed by atoms with van der Waals surface area (Å²) in [5.74, 6) is 0. The standard InChI is InChI=1S/C8H7ClINS/c9-5-3-7(10)8(11-4-5)12-6-1-2-6/h3-4,6H,1-2H2. The highest BCUT2D eigenvalue weighted by Crippen LogP contribution is 2.40. The third kappa shape index (κ3) is 2.26. The summed E-state index contributed by atoms with van der Waals surface area (Å²) in [6, 6.07) is 1.96. The van der Waals surface area contributed by atoms with E-state index in [-0.39, 0.29) is 0 Å². The summed E-state index contributed by atoms with van der Waals surface area (Å²) in [6.07, 6.45) is 4.39. The van der Waals surface area contributed by atoms with Gasteiger partial charge in [0.15, 0.2) is 0 Å². The zero-order valence-corrected chi connectivity index (χ0v) is 9.99. The SMILES string of the molecule is Clc1cnc(SC2CC2)c(I)c1. The van der Waals surface area contributed by atoms with Crippen molar-refractivity contribution in [2.45, 2.75) is 23.1 Å². The molecule has 0 saturated heterocycles. The van der Waals surface area contributed by atoms with Crippen molar-refractivity contribution >= 4 is 46.0 Å². The van der Waals surface area contributed by atoms with Crippen LogP contribution in [-0.4, -0.2) is 10.2 Å². The summed E-state index contributed by atoms with van der Waals surface area (Å²) < 4.78 is 1.16. The molecule has 1 aromatic heterocycles. The van der Waals surface area contributed by atoms with Crippen LogP contribution < -0.4 is 0 Å². The molecule has 1 saturated carbocycles. The second kappa shape index (κ2) is 3.72. The van der Waals surface area contributed by atoms with E-state index in [1.807, 2.05) is 17.8 Å². The predicted octanol–water partition coefficient (Wildman–Crippen LogP) is 3.59. The lowest BCUT2D eigenvalue weighted by molar-refractivity contribution is 1.10. The Morgan fingerprint density at radius 3 is 2.92 bits per heavy atom. The Morgan fingerprint density at radius 1 is 1.58 bits per heavy atom. The third-order valence-corrected chi connectivity index (χ3v) is 4.33. The van der Waals surface area contributed by atoms with Crippen LogP contribution in [0.1, 0.15) is 12.8 Å². The van der Waals surface area contributed by atoms with Gasteiger partial charge in [-0.25, -0.2) is 4.98 Å². The van der Waals surface area contributed by atoms with Gasteiger partial charge < -0.3 is 0 Å². The average molecular weight is 312 g/mol. The highest BCUT2D eigenvalue weighted by molar-refractivity contribution is 14.1. The van der Waals surface area contributed by atoms with Crippen molar-refractivity contribution in [1.82, 2.24) is 4.98 Å². The topological polar surface area (TPSA) is 12.9 Å². The molecule has 4 heteroatoms. The Bertz CT molecular complexity index is 301. The van der Waals surface area contributed by atoms with Crippen molar-refractivity contribution in [3.63, 3.8) is 0 Å². The largest absolute Gasteiger partial charge is 0.247 e. The van der Waals surface area contributed by atoms with Gasteiger partial charge in [-0.15, -0.1) is 11.8 Å². The van der Waals surface area contributed by atoms with Gasteiger partial charge in [-0.3, -0.25) is 0 Å². The summed E-state index contributed by atoms with van der Waals surface area (Å²) >= 11 is 9.94. The summed E-state index contributed by atoms with van der Waals surface area (Å²) in [4.78, 5) is 4.28. The van der Waals surface area contributed by atoms with E-state index in [4.69, 9.17) is 11.6 Å². The minimum atomic E-state index is 0.722. The molecule has 0 amide bonds. The van der Waals surface area contributed by atoms with Gasteiger partial charge in [-0.1, -0.05) is 11.6 Å². The predicted molar refractivity (Wildman–Crippen MR) is 60.8 cm³/mol. The maximum absolute atomic E-state index is 5.79. The Hall–Kier alpha value is 0.520. The van der Waals surface area contributed by atoms with Crippen LogP contribution in [0.25, 0.3) is 0 Å². The quantitative estimate of drug-likeness (QED) is 0.774. The van der Waals surface area contributed by atoms with E-state index in [0.717, 1.165) is 18.9 Å². The number of pyridine rings is 1. The highest BCUT2D eigenvalue weighted by atomic mass is 127. The van der Waals surface area contributed by atoms with Gasteiger partial charge in [-0.05, 0) is 41.5 Å². The van der Waals surface area contributed by atoms with Crippen molar-refractivity contribution in [1.29, 1.82) is 0 Å². The molecule has 0 bridgehead atoms. The molecule has 1 aromatic rings.